The van der Waals surface area contributed by atoms with E-state index in [1.807, 2.05) is 0 Å². The van der Waals surface area contributed by atoms with Gasteiger partial charge in [-0.2, -0.15) is 0 Å². The van der Waals surface area contributed by atoms with Crippen molar-refractivity contribution >= 4 is 25.7 Å². The molecule has 0 saturated carbocycles. The maximum atomic E-state index is 11.9. The fourth-order valence-corrected chi connectivity index (χ4v) is 4.62. The van der Waals surface area contributed by atoms with Crippen LogP contribution >= 0.6 is 0 Å². The Balaban J connectivity index is 2.54. The molecule has 0 bridgehead atoms. The largest absolute Gasteiger partial charge is 0.462 e. The van der Waals surface area contributed by atoms with E-state index in [2.05, 4.69) is 9.44 Å². The molecule has 0 spiro atoms. The number of aliphatic hydroxyl groups excluding tert-OH is 3. The van der Waals surface area contributed by atoms with Crippen LogP contribution in [-0.4, -0.2) is 82.4 Å². The molecule has 35 heavy (non-hydrogen) atoms. The van der Waals surface area contributed by atoms with Crippen LogP contribution in [0.4, 0.5) is 5.69 Å². The Morgan fingerprint density at radius 1 is 0.971 bits per heavy atom. The highest BCUT2D eigenvalue weighted by atomic mass is 32.2. The van der Waals surface area contributed by atoms with Crippen LogP contribution in [0.1, 0.15) is 12.5 Å². The van der Waals surface area contributed by atoms with Crippen LogP contribution in [0.25, 0.3) is 11.1 Å². The van der Waals surface area contributed by atoms with Crippen LogP contribution in [0.5, 0.6) is 5.75 Å². The molecule has 0 aromatic heterocycles. The summed E-state index contributed by atoms with van der Waals surface area (Å²) < 4.78 is 63.4. The number of nitrogens with one attached hydrogen (secondary N) is 2. The molecule has 0 aliphatic carbocycles. The van der Waals surface area contributed by atoms with Crippen LogP contribution in [0.15, 0.2) is 42.5 Å². The first-order valence-corrected chi connectivity index (χ1v) is 14.4. The molecule has 11 nitrogen and oxygen atoms in total. The number of benzene rings is 2. The lowest BCUT2D eigenvalue weighted by Gasteiger charge is -2.31. The standard InChI is InChI=1S/C22H32N2O9S2/c1-14-7-5-10-19(21(14)16-8-6-9-17(11-16)23-34(3,28)29)32-22(33-20(13-26)15(2)27)18(12-25)24-35(4,30)31/h5-11,15,18,20,22-27H,12-13H2,1-4H3/t15-,18+,20?,22?/m1/s1. The number of aliphatic hydroxyl groups is 3. The van der Waals surface area contributed by atoms with Gasteiger partial charge >= 0.3 is 0 Å². The average molecular weight is 533 g/mol. The minimum Gasteiger partial charge on any atom is -0.462 e. The van der Waals surface area contributed by atoms with Crippen LogP contribution < -0.4 is 14.2 Å². The molecule has 0 amide bonds. The van der Waals surface area contributed by atoms with Crippen LogP contribution in [-0.2, 0) is 24.8 Å². The van der Waals surface area contributed by atoms with E-state index in [-0.39, 0.29) is 5.75 Å². The Labute approximate surface area is 205 Å². The van der Waals surface area contributed by atoms with Gasteiger partial charge in [0.2, 0.25) is 26.3 Å². The monoisotopic (exact) mass is 532 g/mol. The molecule has 2 aromatic rings. The van der Waals surface area contributed by atoms with Gasteiger partial charge in [-0.1, -0.05) is 24.3 Å². The second kappa shape index (κ2) is 12.1. The van der Waals surface area contributed by atoms with Crippen molar-refractivity contribution in [1.82, 2.24) is 4.72 Å². The van der Waals surface area contributed by atoms with Crippen molar-refractivity contribution in [3.05, 3.63) is 48.0 Å². The molecule has 2 rings (SSSR count). The first-order valence-electron chi connectivity index (χ1n) is 10.6. The molecule has 196 valence electrons. The summed E-state index contributed by atoms with van der Waals surface area (Å²) in [5.74, 6) is 0.238. The molecule has 0 saturated heterocycles. The van der Waals surface area contributed by atoms with Gasteiger partial charge in [-0.25, -0.2) is 21.6 Å². The fraction of sp³-hybridized carbons (Fsp3) is 0.455. The van der Waals surface area contributed by atoms with Crippen LogP contribution in [0, 0.1) is 6.92 Å². The zero-order chi connectivity index (χ0) is 26.4. The molecular weight excluding hydrogens is 500 g/mol. The van der Waals surface area contributed by atoms with Crippen molar-refractivity contribution < 1.29 is 41.6 Å². The smallest absolute Gasteiger partial charge is 0.229 e. The number of sulfonamides is 2. The Morgan fingerprint density at radius 3 is 2.17 bits per heavy atom. The minimum atomic E-state index is -3.79. The lowest BCUT2D eigenvalue weighted by Crippen LogP contribution is -2.52. The van der Waals surface area contributed by atoms with Crippen molar-refractivity contribution in [2.45, 2.75) is 38.4 Å². The van der Waals surface area contributed by atoms with Gasteiger partial charge in [0, 0.05) is 11.3 Å². The van der Waals surface area contributed by atoms with E-state index >= 15 is 0 Å². The van der Waals surface area contributed by atoms with Gasteiger partial charge < -0.3 is 24.8 Å². The summed E-state index contributed by atoms with van der Waals surface area (Å²) in [7, 11) is -7.30. The quantitative estimate of drug-likeness (QED) is 0.229. The van der Waals surface area contributed by atoms with E-state index in [1.165, 1.54) is 6.92 Å². The van der Waals surface area contributed by atoms with Crippen molar-refractivity contribution in [2.24, 2.45) is 0 Å². The fourth-order valence-electron chi connectivity index (χ4n) is 3.33. The van der Waals surface area contributed by atoms with E-state index in [4.69, 9.17) is 9.47 Å². The molecule has 0 radical (unpaired) electrons. The van der Waals surface area contributed by atoms with E-state index in [0.717, 1.165) is 18.1 Å². The lowest BCUT2D eigenvalue weighted by atomic mass is 9.99. The molecular formula is C22H32N2O9S2. The highest BCUT2D eigenvalue weighted by molar-refractivity contribution is 7.92. The van der Waals surface area contributed by atoms with Crippen molar-refractivity contribution in [3.8, 4) is 16.9 Å². The van der Waals surface area contributed by atoms with Crippen LogP contribution in [0.3, 0.4) is 0 Å². The van der Waals surface area contributed by atoms with Gasteiger partial charge in [0.05, 0.1) is 31.8 Å². The minimum absolute atomic E-state index is 0.238. The van der Waals surface area contributed by atoms with Gasteiger partial charge in [0.1, 0.15) is 17.9 Å². The number of hydrogen-bond donors (Lipinski definition) is 5. The maximum Gasteiger partial charge on any atom is 0.229 e. The normalized spacial score (nSPS) is 15.7. The van der Waals surface area contributed by atoms with Gasteiger partial charge in [-0.3, -0.25) is 4.72 Å². The first-order chi connectivity index (χ1) is 16.2. The molecule has 13 heteroatoms. The van der Waals surface area contributed by atoms with E-state index in [0.29, 0.717) is 16.8 Å². The molecule has 4 atom stereocenters. The zero-order valence-electron chi connectivity index (χ0n) is 19.9. The second-order valence-corrected chi connectivity index (χ2v) is 11.7. The summed E-state index contributed by atoms with van der Waals surface area (Å²) in [6.07, 6.45) is -1.76. The van der Waals surface area contributed by atoms with Gasteiger partial charge in [0.15, 0.2) is 0 Å². The Morgan fingerprint density at radius 2 is 1.63 bits per heavy atom. The van der Waals surface area contributed by atoms with Crippen molar-refractivity contribution in [2.75, 3.05) is 30.4 Å². The van der Waals surface area contributed by atoms with Gasteiger partial charge in [-0.15, -0.1) is 0 Å². The van der Waals surface area contributed by atoms with Crippen molar-refractivity contribution in [1.29, 1.82) is 0 Å². The molecule has 5 N–H and O–H groups in total. The van der Waals surface area contributed by atoms with E-state index < -0.39 is 57.8 Å². The Kier molecular flexibility index (Phi) is 10.0. The van der Waals surface area contributed by atoms with E-state index in [9.17, 15) is 32.2 Å². The summed E-state index contributed by atoms with van der Waals surface area (Å²) in [4.78, 5) is 0. The third-order valence-corrected chi connectivity index (χ3v) is 6.19. The number of anilines is 1. The van der Waals surface area contributed by atoms with Crippen LogP contribution in [0.2, 0.25) is 0 Å². The number of rotatable bonds is 13. The maximum absolute atomic E-state index is 11.9. The Hall–Kier alpha value is -2.26. The highest BCUT2D eigenvalue weighted by Gasteiger charge is 2.31. The summed E-state index contributed by atoms with van der Waals surface area (Å²) in [6.45, 7) is 1.90. The molecule has 0 fully saturated rings. The second-order valence-electron chi connectivity index (χ2n) is 8.17. The zero-order valence-corrected chi connectivity index (χ0v) is 21.5. The Bertz CT molecular complexity index is 1200. The predicted molar refractivity (Wildman–Crippen MR) is 132 cm³/mol. The van der Waals surface area contributed by atoms with Gasteiger partial charge in [0.25, 0.3) is 0 Å². The third-order valence-electron chi connectivity index (χ3n) is 4.85. The summed E-state index contributed by atoms with van der Waals surface area (Å²) >= 11 is 0. The average Bonchev–Trinajstić information content (AvgIpc) is 2.73. The molecule has 2 unspecified atom stereocenters. The number of ether oxygens (including phenoxy) is 2. The predicted octanol–water partition coefficient (Wildman–Crippen LogP) is 0.407. The molecule has 0 aliphatic rings. The summed E-state index contributed by atoms with van der Waals surface area (Å²) in [5, 5.41) is 29.4. The summed E-state index contributed by atoms with van der Waals surface area (Å²) in [6, 6.07) is 10.4. The summed E-state index contributed by atoms with van der Waals surface area (Å²) in [5.41, 5.74) is 2.24. The number of aryl methyl sites for hydroxylation is 1. The molecule has 0 aliphatic heterocycles. The third kappa shape index (κ3) is 9.04. The molecule has 0 heterocycles. The molecule has 2 aromatic carbocycles. The lowest BCUT2D eigenvalue weighted by molar-refractivity contribution is -0.174. The highest BCUT2D eigenvalue weighted by Crippen LogP contribution is 2.35. The van der Waals surface area contributed by atoms with E-state index in [1.54, 1.807) is 49.4 Å². The SMILES string of the molecule is Cc1cccc(OC(OC(CO)[C@@H](C)O)[C@H](CO)NS(C)(=O)=O)c1-c1cccc(NS(C)(=O)=O)c1. The first kappa shape index (κ1) is 29.0. The number of hydrogen-bond acceptors (Lipinski definition) is 9. The van der Waals surface area contributed by atoms with Gasteiger partial charge in [-0.05, 0) is 43.2 Å². The van der Waals surface area contributed by atoms with Crippen molar-refractivity contribution in [3.63, 3.8) is 0 Å². The topological polar surface area (TPSA) is 171 Å².